The number of hydrogen-bond acceptors (Lipinski definition) is 3. The number of aliphatic hydroxyl groups is 1. The molecule has 1 fully saturated rings. The first kappa shape index (κ1) is 15.3. The predicted molar refractivity (Wildman–Crippen MR) is 79.6 cm³/mol. The molecule has 1 aliphatic rings. The molecule has 4 nitrogen and oxygen atoms in total. The second-order valence-electron chi connectivity index (χ2n) is 5.41. The summed E-state index contributed by atoms with van der Waals surface area (Å²) >= 11 is 5.94. The van der Waals surface area contributed by atoms with Crippen molar-refractivity contribution in [3.8, 4) is 0 Å². The molecule has 0 bridgehead atoms. The van der Waals surface area contributed by atoms with Crippen molar-refractivity contribution in [1.29, 1.82) is 0 Å². The van der Waals surface area contributed by atoms with Gasteiger partial charge in [0, 0.05) is 25.2 Å². The smallest absolute Gasteiger partial charge is 0.236 e. The minimum absolute atomic E-state index is 0.0686. The van der Waals surface area contributed by atoms with Crippen molar-refractivity contribution in [2.24, 2.45) is 0 Å². The molecule has 110 valence electrons. The summed E-state index contributed by atoms with van der Waals surface area (Å²) in [5, 5.41) is 10.3. The summed E-state index contributed by atoms with van der Waals surface area (Å²) in [7, 11) is 1.80. The summed E-state index contributed by atoms with van der Waals surface area (Å²) in [4.78, 5) is 15.9. The number of carbonyl (C=O) groups excluding carboxylic acids is 1. The molecule has 0 aromatic heterocycles. The molecule has 1 unspecified atom stereocenters. The van der Waals surface area contributed by atoms with Crippen molar-refractivity contribution in [2.45, 2.75) is 25.5 Å². The van der Waals surface area contributed by atoms with Crippen molar-refractivity contribution < 1.29 is 9.90 Å². The number of nitrogens with zero attached hydrogens (tertiary/aromatic N) is 2. The van der Waals surface area contributed by atoms with Gasteiger partial charge in [-0.15, -0.1) is 0 Å². The number of piperidine rings is 1. The van der Waals surface area contributed by atoms with Gasteiger partial charge in [0.1, 0.15) is 0 Å². The normalized spacial score (nSPS) is 19.9. The van der Waals surface area contributed by atoms with Crippen molar-refractivity contribution >= 4 is 17.5 Å². The highest BCUT2D eigenvalue weighted by Crippen LogP contribution is 2.13. The molecule has 1 atom stereocenters. The Morgan fingerprint density at radius 1 is 1.55 bits per heavy atom. The van der Waals surface area contributed by atoms with Gasteiger partial charge in [-0.05, 0) is 37.1 Å². The van der Waals surface area contributed by atoms with E-state index in [1.54, 1.807) is 11.9 Å². The Morgan fingerprint density at radius 3 is 3.05 bits per heavy atom. The van der Waals surface area contributed by atoms with E-state index in [-0.39, 0.29) is 12.0 Å². The van der Waals surface area contributed by atoms with Crippen LogP contribution in [0.15, 0.2) is 24.3 Å². The van der Waals surface area contributed by atoms with Gasteiger partial charge in [0.15, 0.2) is 0 Å². The van der Waals surface area contributed by atoms with E-state index in [1.165, 1.54) is 0 Å². The topological polar surface area (TPSA) is 43.8 Å². The molecule has 1 amide bonds. The van der Waals surface area contributed by atoms with Crippen LogP contribution in [0.1, 0.15) is 18.4 Å². The zero-order valence-electron chi connectivity index (χ0n) is 11.8. The molecule has 20 heavy (non-hydrogen) atoms. The quantitative estimate of drug-likeness (QED) is 0.921. The minimum Gasteiger partial charge on any atom is -0.392 e. The second kappa shape index (κ2) is 7.07. The largest absolute Gasteiger partial charge is 0.392 e. The molecule has 1 heterocycles. The fourth-order valence-corrected chi connectivity index (χ4v) is 2.70. The van der Waals surface area contributed by atoms with Gasteiger partial charge in [0.2, 0.25) is 5.91 Å². The zero-order valence-corrected chi connectivity index (χ0v) is 12.5. The molecule has 1 N–H and O–H groups in total. The van der Waals surface area contributed by atoms with Crippen molar-refractivity contribution in [3.63, 3.8) is 0 Å². The number of hydrogen-bond donors (Lipinski definition) is 1. The number of carbonyl (C=O) groups is 1. The van der Waals surface area contributed by atoms with E-state index >= 15 is 0 Å². The van der Waals surface area contributed by atoms with Crippen LogP contribution in [-0.4, -0.2) is 53.6 Å². The number of benzene rings is 1. The number of β-amino-alcohol motifs (C(OH)–C–C–N with tert-alkyl or cyclic N) is 1. The summed E-state index contributed by atoms with van der Waals surface area (Å²) in [5.41, 5.74) is 1.02. The van der Waals surface area contributed by atoms with E-state index in [2.05, 4.69) is 0 Å². The number of halogens is 1. The summed E-state index contributed by atoms with van der Waals surface area (Å²) < 4.78 is 0. The molecule has 5 heteroatoms. The Balaban J connectivity index is 1.85. The van der Waals surface area contributed by atoms with Crippen molar-refractivity contribution in [1.82, 2.24) is 9.80 Å². The lowest BCUT2D eigenvalue weighted by atomic mass is 10.1. The minimum atomic E-state index is -0.296. The highest BCUT2D eigenvalue weighted by atomic mass is 35.5. The van der Waals surface area contributed by atoms with Crippen molar-refractivity contribution in [3.05, 3.63) is 34.9 Å². The first-order valence-corrected chi connectivity index (χ1v) is 7.31. The Bertz CT molecular complexity index is 467. The lowest BCUT2D eigenvalue weighted by Crippen LogP contribution is -2.44. The molecule has 1 aromatic carbocycles. The van der Waals surface area contributed by atoms with Gasteiger partial charge in [0.05, 0.1) is 12.6 Å². The Kier molecular flexibility index (Phi) is 5.40. The first-order chi connectivity index (χ1) is 9.54. The van der Waals surface area contributed by atoms with Crippen LogP contribution in [-0.2, 0) is 11.3 Å². The summed E-state index contributed by atoms with van der Waals surface area (Å²) in [5.74, 6) is 0.0686. The Hall–Kier alpha value is -1.10. The van der Waals surface area contributed by atoms with Crippen LogP contribution >= 0.6 is 11.6 Å². The van der Waals surface area contributed by atoms with Crippen LogP contribution in [0.2, 0.25) is 5.02 Å². The molecule has 0 radical (unpaired) electrons. The van der Waals surface area contributed by atoms with E-state index in [0.29, 0.717) is 24.7 Å². The number of amides is 1. The molecule has 1 aliphatic heterocycles. The maximum atomic E-state index is 12.2. The molecular formula is C15H21ClN2O2. The van der Waals surface area contributed by atoms with Gasteiger partial charge < -0.3 is 10.0 Å². The van der Waals surface area contributed by atoms with Gasteiger partial charge >= 0.3 is 0 Å². The lowest BCUT2D eigenvalue weighted by molar-refractivity contribution is -0.132. The third kappa shape index (κ3) is 4.47. The highest BCUT2D eigenvalue weighted by Gasteiger charge is 2.21. The summed E-state index contributed by atoms with van der Waals surface area (Å²) in [6.45, 7) is 2.40. The van der Waals surface area contributed by atoms with E-state index < -0.39 is 0 Å². The summed E-state index contributed by atoms with van der Waals surface area (Å²) in [6, 6.07) is 7.54. The van der Waals surface area contributed by atoms with E-state index in [9.17, 15) is 9.90 Å². The molecular weight excluding hydrogens is 276 g/mol. The van der Waals surface area contributed by atoms with Crippen molar-refractivity contribution in [2.75, 3.05) is 26.7 Å². The number of aliphatic hydroxyl groups excluding tert-OH is 1. The average molecular weight is 297 g/mol. The van der Waals surface area contributed by atoms with Crippen LogP contribution in [0.3, 0.4) is 0 Å². The maximum absolute atomic E-state index is 12.2. The fraction of sp³-hybridized carbons (Fsp3) is 0.533. The van der Waals surface area contributed by atoms with Crippen LogP contribution in [0, 0.1) is 0 Å². The Labute approximate surface area is 124 Å². The van der Waals surface area contributed by atoms with Gasteiger partial charge in [-0.2, -0.15) is 0 Å². The number of rotatable bonds is 4. The molecule has 0 spiro atoms. The lowest BCUT2D eigenvalue weighted by Gasteiger charge is -2.30. The van der Waals surface area contributed by atoms with Crippen LogP contribution in [0.4, 0.5) is 0 Å². The van der Waals surface area contributed by atoms with Gasteiger partial charge in [0.25, 0.3) is 0 Å². The van der Waals surface area contributed by atoms with Gasteiger partial charge in [-0.1, -0.05) is 23.7 Å². The third-order valence-electron chi connectivity index (χ3n) is 3.57. The molecule has 0 saturated carbocycles. The zero-order chi connectivity index (χ0) is 14.5. The van der Waals surface area contributed by atoms with Gasteiger partial charge in [-0.25, -0.2) is 0 Å². The van der Waals surface area contributed by atoms with Crippen LogP contribution < -0.4 is 0 Å². The number of likely N-dealkylation sites (tertiary alicyclic amines) is 1. The predicted octanol–water partition coefficient (Wildman–Crippen LogP) is 1.76. The summed E-state index contributed by atoms with van der Waals surface area (Å²) in [6.07, 6.45) is 1.49. The van der Waals surface area contributed by atoms with Gasteiger partial charge in [-0.3, -0.25) is 9.69 Å². The molecule has 2 rings (SSSR count). The van der Waals surface area contributed by atoms with E-state index in [4.69, 9.17) is 11.6 Å². The van der Waals surface area contributed by atoms with Crippen LogP contribution in [0.5, 0.6) is 0 Å². The second-order valence-corrected chi connectivity index (χ2v) is 5.85. The van der Waals surface area contributed by atoms with E-state index in [1.807, 2.05) is 29.2 Å². The molecule has 1 saturated heterocycles. The highest BCUT2D eigenvalue weighted by molar-refractivity contribution is 6.30. The first-order valence-electron chi connectivity index (χ1n) is 6.93. The fourth-order valence-electron chi connectivity index (χ4n) is 2.48. The molecule has 1 aromatic rings. The Morgan fingerprint density at radius 2 is 2.35 bits per heavy atom. The monoisotopic (exact) mass is 296 g/mol. The van der Waals surface area contributed by atoms with E-state index in [0.717, 1.165) is 24.9 Å². The average Bonchev–Trinajstić information content (AvgIpc) is 2.38. The number of likely N-dealkylation sites (N-methyl/N-ethyl adjacent to an activating group) is 1. The van der Waals surface area contributed by atoms with Crippen LogP contribution in [0.25, 0.3) is 0 Å². The molecule has 0 aliphatic carbocycles. The maximum Gasteiger partial charge on any atom is 0.236 e. The standard InChI is InChI=1S/C15H21ClN2O2/c1-17(9-12-4-2-5-13(16)8-12)15(20)11-18-7-3-6-14(19)10-18/h2,4-5,8,14,19H,3,6-7,9-11H2,1H3. The SMILES string of the molecule is CN(Cc1cccc(Cl)c1)C(=O)CN1CCCC(O)C1. The third-order valence-corrected chi connectivity index (χ3v) is 3.81.